The Kier molecular flexibility index (Phi) is 4.30. The first-order chi connectivity index (χ1) is 11.8. The first-order valence-corrected chi connectivity index (χ1v) is 8.77. The van der Waals surface area contributed by atoms with Crippen LogP contribution in [0, 0.1) is 5.92 Å². The molecule has 5 rings (SSSR count). The summed E-state index contributed by atoms with van der Waals surface area (Å²) in [5.74, 6) is 0.731. The van der Waals surface area contributed by atoms with Gasteiger partial charge in [0.2, 0.25) is 0 Å². The Morgan fingerprint density at radius 1 is 1.00 bits per heavy atom. The molecule has 1 aromatic heterocycles. The molecule has 0 unspecified atom stereocenters. The molecular formula is C20H23N3O. The first-order valence-electron chi connectivity index (χ1n) is 8.77. The number of hydrogen-bond donors (Lipinski definition) is 0. The number of rotatable bonds is 3. The van der Waals surface area contributed by atoms with Crippen molar-refractivity contribution in [1.82, 2.24) is 14.8 Å². The van der Waals surface area contributed by atoms with Gasteiger partial charge >= 0.3 is 0 Å². The number of hydrogen-bond acceptors (Lipinski definition) is 3. The van der Waals surface area contributed by atoms with Crippen LogP contribution in [0.15, 0.2) is 54.9 Å². The molecule has 3 fully saturated rings. The Morgan fingerprint density at radius 2 is 1.79 bits per heavy atom. The standard InChI is InChI=1S/C20H23N3O/c24-20(18-8-10-21-11-9-18)23-14-17-6-7-19(15-23)22(13-17)12-16-4-2-1-3-5-16/h1-5,8-11,17,19H,6-7,12-15H2/t17-,19-/m1/s1. The van der Waals surface area contributed by atoms with Crippen molar-refractivity contribution >= 4 is 5.91 Å². The summed E-state index contributed by atoms with van der Waals surface area (Å²) < 4.78 is 0. The average Bonchev–Trinajstić information content (AvgIpc) is 2.94. The van der Waals surface area contributed by atoms with Gasteiger partial charge in [-0.2, -0.15) is 0 Å². The number of aromatic nitrogens is 1. The highest BCUT2D eigenvalue weighted by Crippen LogP contribution is 2.29. The number of fused-ring (bicyclic) bond motifs is 4. The highest BCUT2D eigenvalue weighted by molar-refractivity contribution is 5.94. The normalized spacial score (nSPS) is 23.9. The fourth-order valence-corrected chi connectivity index (χ4v) is 4.03. The first kappa shape index (κ1) is 15.3. The number of piperidine rings is 1. The van der Waals surface area contributed by atoms with Gasteiger partial charge in [0.15, 0.2) is 0 Å². The Hall–Kier alpha value is -2.20. The number of benzene rings is 1. The Morgan fingerprint density at radius 3 is 2.58 bits per heavy atom. The molecular weight excluding hydrogens is 298 g/mol. The minimum Gasteiger partial charge on any atom is -0.337 e. The number of carbonyl (C=O) groups is 1. The van der Waals surface area contributed by atoms with Crippen molar-refractivity contribution in [3.63, 3.8) is 0 Å². The maximum Gasteiger partial charge on any atom is 0.254 e. The molecule has 0 radical (unpaired) electrons. The van der Waals surface area contributed by atoms with Crippen LogP contribution >= 0.6 is 0 Å². The van der Waals surface area contributed by atoms with Gasteiger partial charge in [-0.15, -0.1) is 0 Å². The molecule has 0 saturated carbocycles. The summed E-state index contributed by atoms with van der Waals surface area (Å²) in [6.07, 6.45) is 5.82. The molecule has 2 atom stereocenters. The van der Waals surface area contributed by atoms with Gasteiger partial charge in [0.05, 0.1) is 0 Å². The van der Waals surface area contributed by atoms with Crippen LogP contribution in [0.4, 0.5) is 0 Å². The van der Waals surface area contributed by atoms with Gasteiger partial charge in [0, 0.05) is 50.2 Å². The van der Waals surface area contributed by atoms with Crippen molar-refractivity contribution in [3.8, 4) is 0 Å². The van der Waals surface area contributed by atoms with E-state index in [-0.39, 0.29) is 5.91 Å². The smallest absolute Gasteiger partial charge is 0.254 e. The second-order valence-corrected chi connectivity index (χ2v) is 6.96. The third-order valence-electron chi connectivity index (χ3n) is 5.27. The van der Waals surface area contributed by atoms with Gasteiger partial charge in [0.1, 0.15) is 0 Å². The third-order valence-corrected chi connectivity index (χ3v) is 5.27. The van der Waals surface area contributed by atoms with E-state index in [1.54, 1.807) is 12.4 Å². The van der Waals surface area contributed by atoms with E-state index in [0.29, 0.717) is 12.0 Å². The molecule has 0 N–H and O–H groups in total. The van der Waals surface area contributed by atoms with E-state index in [1.807, 2.05) is 12.1 Å². The molecule has 0 aliphatic carbocycles. The van der Waals surface area contributed by atoms with E-state index in [4.69, 9.17) is 0 Å². The molecule has 2 aromatic rings. The fraction of sp³-hybridized carbons (Fsp3) is 0.400. The molecule has 4 heteroatoms. The average molecular weight is 321 g/mol. The zero-order valence-electron chi connectivity index (χ0n) is 13.8. The van der Waals surface area contributed by atoms with Crippen LogP contribution in [0.25, 0.3) is 0 Å². The highest BCUT2D eigenvalue weighted by atomic mass is 16.2. The topological polar surface area (TPSA) is 36.4 Å². The molecule has 3 aliphatic heterocycles. The van der Waals surface area contributed by atoms with Crippen molar-refractivity contribution in [2.45, 2.75) is 25.4 Å². The predicted molar refractivity (Wildman–Crippen MR) is 93.5 cm³/mol. The maximum atomic E-state index is 12.8. The van der Waals surface area contributed by atoms with Crippen LogP contribution in [0.2, 0.25) is 0 Å². The summed E-state index contributed by atoms with van der Waals surface area (Å²) in [6.45, 7) is 3.80. The molecule has 1 amide bonds. The zero-order chi connectivity index (χ0) is 16.4. The summed E-state index contributed by atoms with van der Waals surface area (Å²) in [7, 11) is 0. The number of pyridine rings is 1. The van der Waals surface area contributed by atoms with Crippen LogP contribution in [0.3, 0.4) is 0 Å². The lowest BCUT2D eigenvalue weighted by Gasteiger charge is -2.36. The monoisotopic (exact) mass is 321 g/mol. The number of carbonyl (C=O) groups excluding carboxylic acids is 1. The van der Waals surface area contributed by atoms with E-state index >= 15 is 0 Å². The van der Waals surface area contributed by atoms with Crippen molar-refractivity contribution in [2.75, 3.05) is 19.6 Å². The Bertz CT molecular complexity index is 689. The summed E-state index contributed by atoms with van der Waals surface area (Å²) in [4.78, 5) is 21.5. The minimum atomic E-state index is 0.149. The minimum absolute atomic E-state index is 0.149. The van der Waals surface area contributed by atoms with E-state index in [2.05, 4.69) is 45.1 Å². The SMILES string of the molecule is O=C(c1ccncc1)N1C[C@@H]2CC[C@H](C1)N(Cc1ccccc1)C2. The molecule has 4 nitrogen and oxygen atoms in total. The van der Waals surface area contributed by atoms with E-state index in [0.717, 1.165) is 31.7 Å². The van der Waals surface area contributed by atoms with Gasteiger partial charge in [-0.1, -0.05) is 30.3 Å². The van der Waals surface area contributed by atoms with Crippen LogP contribution in [-0.2, 0) is 6.54 Å². The second-order valence-electron chi connectivity index (χ2n) is 6.96. The predicted octanol–water partition coefficient (Wildman–Crippen LogP) is 2.82. The van der Waals surface area contributed by atoms with Gasteiger partial charge in [-0.05, 0) is 36.5 Å². The van der Waals surface area contributed by atoms with Crippen molar-refractivity contribution in [1.29, 1.82) is 0 Å². The molecule has 2 bridgehead atoms. The van der Waals surface area contributed by atoms with Gasteiger partial charge in [-0.3, -0.25) is 14.7 Å². The van der Waals surface area contributed by atoms with Crippen molar-refractivity contribution in [3.05, 3.63) is 66.0 Å². The van der Waals surface area contributed by atoms with Gasteiger partial charge in [0.25, 0.3) is 5.91 Å². The summed E-state index contributed by atoms with van der Waals surface area (Å²) in [5, 5.41) is 0. The number of amides is 1. The van der Waals surface area contributed by atoms with Crippen molar-refractivity contribution < 1.29 is 4.79 Å². The molecule has 0 spiro atoms. The lowest BCUT2D eigenvalue weighted by atomic mass is 9.94. The Balaban J connectivity index is 1.49. The van der Waals surface area contributed by atoms with Crippen LogP contribution in [0.1, 0.15) is 28.8 Å². The lowest BCUT2D eigenvalue weighted by molar-refractivity contribution is 0.0736. The number of nitrogens with zero attached hydrogens (tertiary/aromatic N) is 3. The molecule has 3 saturated heterocycles. The maximum absolute atomic E-state index is 12.8. The Labute approximate surface area is 143 Å². The fourth-order valence-electron chi connectivity index (χ4n) is 4.03. The zero-order valence-corrected chi connectivity index (χ0v) is 13.8. The van der Waals surface area contributed by atoms with Crippen LogP contribution in [-0.4, -0.2) is 46.4 Å². The van der Waals surface area contributed by atoms with Crippen LogP contribution < -0.4 is 0 Å². The van der Waals surface area contributed by atoms with E-state index in [1.165, 1.54) is 18.4 Å². The van der Waals surface area contributed by atoms with Crippen LogP contribution in [0.5, 0.6) is 0 Å². The third kappa shape index (κ3) is 3.20. The lowest BCUT2D eigenvalue weighted by Crippen LogP contribution is -2.43. The largest absolute Gasteiger partial charge is 0.337 e. The highest BCUT2D eigenvalue weighted by Gasteiger charge is 2.36. The molecule has 124 valence electrons. The summed E-state index contributed by atoms with van der Waals surface area (Å²) >= 11 is 0. The van der Waals surface area contributed by atoms with Gasteiger partial charge < -0.3 is 4.90 Å². The van der Waals surface area contributed by atoms with Crippen molar-refractivity contribution in [2.24, 2.45) is 5.92 Å². The molecule has 1 aromatic carbocycles. The quantitative estimate of drug-likeness (QED) is 0.872. The molecule has 3 aliphatic rings. The van der Waals surface area contributed by atoms with E-state index < -0.39 is 0 Å². The molecule has 24 heavy (non-hydrogen) atoms. The summed E-state index contributed by atoms with van der Waals surface area (Å²) in [5.41, 5.74) is 2.11. The van der Waals surface area contributed by atoms with Gasteiger partial charge in [-0.25, -0.2) is 0 Å². The summed E-state index contributed by atoms with van der Waals surface area (Å²) in [6, 6.07) is 14.8. The van der Waals surface area contributed by atoms with E-state index in [9.17, 15) is 4.79 Å². The molecule has 4 heterocycles. The second kappa shape index (κ2) is 6.73.